The molecule has 0 aliphatic rings. The predicted molar refractivity (Wildman–Crippen MR) is 94.1 cm³/mol. The largest absolute Gasteiger partial charge is 0.444 e. The molecular weight excluding hydrogens is 321 g/mol. The molecule has 0 fully saturated rings. The molecule has 2 aromatic rings. The highest BCUT2D eigenvalue weighted by molar-refractivity contribution is 5.85. The summed E-state index contributed by atoms with van der Waals surface area (Å²) < 4.78 is 19.2. The molecule has 2 aromatic carbocycles. The number of halogens is 1. The van der Waals surface area contributed by atoms with Crippen LogP contribution in [0.1, 0.15) is 42.3 Å². The Balaban J connectivity index is 2.18. The summed E-state index contributed by atoms with van der Waals surface area (Å²) in [5.41, 5.74) is 0.609. The first-order valence-electron chi connectivity index (χ1n) is 7.64. The van der Waals surface area contributed by atoms with Crippen LogP contribution < -0.4 is 5.32 Å². The molecule has 4 nitrogen and oxygen atoms in total. The van der Waals surface area contributed by atoms with Crippen LogP contribution in [0.5, 0.6) is 0 Å². The van der Waals surface area contributed by atoms with Gasteiger partial charge in [-0.2, -0.15) is 0 Å². The first kappa shape index (κ1) is 18.2. The maximum atomic E-state index is 14.0. The lowest BCUT2D eigenvalue weighted by Crippen LogP contribution is -2.27. The summed E-state index contributed by atoms with van der Waals surface area (Å²) in [5.74, 6) is 4.87. The fourth-order valence-electron chi connectivity index (χ4n) is 1.97. The van der Waals surface area contributed by atoms with Crippen LogP contribution in [0.25, 0.3) is 0 Å². The number of aldehydes is 1. The van der Waals surface area contributed by atoms with Crippen molar-refractivity contribution in [3.63, 3.8) is 0 Å². The van der Waals surface area contributed by atoms with Crippen LogP contribution >= 0.6 is 0 Å². The van der Waals surface area contributed by atoms with Gasteiger partial charge in [-0.25, -0.2) is 9.18 Å². The lowest BCUT2D eigenvalue weighted by atomic mass is 10.1. The number of nitrogens with one attached hydrogen (secondary N) is 1. The molecule has 128 valence electrons. The first-order chi connectivity index (χ1) is 11.8. The number of rotatable bonds is 2. The van der Waals surface area contributed by atoms with Crippen molar-refractivity contribution in [2.75, 3.05) is 5.32 Å². The Morgan fingerprint density at radius 1 is 1.16 bits per heavy atom. The van der Waals surface area contributed by atoms with Crippen molar-refractivity contribution < 1.29 is 18.7 Å². The Hall–Kier alpha value is -3.13. The maximum Gasteiger partial charge on any atom is 0.412 e. The van der Waals surface area contributed by atoms with E-state index in [4.69, 9.17) is 4.74 Å². The van der Waals surface area contributed by atoms with Gasteiger partial charge >= 0.3 is 6.09 Å². The average Bonchev–Trinajstić information content (AvgIpc) is 2.52. The van der Waals surface area contributed by atoms with Gasteiger partial charge in [0.1, 0.15) is 11.4 Å². The van der Waals surface area contributed by atoms with Gasteiger partial charge < -0.3 is 4.74 Å². The number of benzene rings is 2. The number of amides is 1. The van der Waals surface area contributed by atoms with E-state index < -0.39 is 17.5 Å². The van der Waals surface area contributed by atoms with Crippen molar-refractivity contribution in [2.45, 2.75) is 26.4 Å². The molecule has 25 heavy (non-hydrogen) atoms. The third-order valence-corrected chi connectivity index (χ3v) is 3.00. The van der Waals surface area contributed by atoms with Gasteiger partial charge in [0.15, 0.2) is 6.29 Å². The third-order valence-electron chi connectivity index (χ3n) is 3.00. The smallest absolute Gasteiger partial charge is 0.412 e. The lowest BCUT2D eigenvalue weighted by molar-refractivity contribution is 0.0636. The third kappa shape index (κ3) is 5.47. The van der Waals surface area contributed by atoms with Gasteiger partial charge in [0.2, 0.25) is 0 Å². The summed E-state index contributed by atoms with van der Waals surface area (Å²) >= 11 is 0. The second-order valence-corrected chi connectivity index (χ2v) is 6.28. The molecule has 0 saturated heterocycles. The fraction of sp³-hybridized carbons (Fsp3) is 0.200. The molecule has 0 atom stereocenters. The van der Waals surface area contributed by atoms with Gasteiger partial charge in [-0.3, -0.25) is 10.1 Å². The molecule has 1 N–H and O–H groups in total. The SMILES string of the molecule is CC(C)(C)OC(=O)Nc1cccc(C#Cc2cccc(C=O)c2F)c1. The van der Waals surface area contributed by atoms with E-state index in [1.54, 1.807) is 51.1 Å². The molecule has 0 aromatic heterocycles. The zero-order chi connectivity index (χ0) is 18.4. The van der Waals surface area contributed by atoms with Crippen molar-refractivity contribution >= 4 is 18.1 Å². The van der Waals surface area contributed by atoms with E-state index in [0.717, 1.165) is 0 Å². The fourth-order valence-corrected chi connectivity index (χ4v) is 1.97. The Kier molecular flexibility index (Phi) is 5.56. The normalized spacial score (nSPS) is 10.4. The number of carbonyl (C=O) groups excluding carboxylic acids is 2. The summed E-state index contributed by atoms with van der Waals surface area (Å²) in [6.07, 6.45) is -0.117. The van der Waals surface area contributed by atoms with Crippen molar-refractivity contribution in [1.29, 1.82) is 0 Å². The summed E-state index contributed by atoms with van der Waals surface area (Å²) in [7, 11) is 0. The number of hydrogen-bond acceptors (Lipinski definition) is 3. The predicted octanol–water partition coefficient (Wildman–Crippen LogP) is 4.39. The zero-order valence-corrected chi connectivity index (χ0v) is 14.2. The second kappa shape index (κ2) is 7.63. The van der Waals surface area contributed by atoms with E-state index in [1.807, 2.05) is 0 Å². The Labute approximate surface area is 146 Å². The number of ether oxygens (including phenoxy) is 1. The molecule has 0 unspecified atom stereocenters. The monoisotopic (exact) mass is 339 g/mol. The van der Waals surface area contributed by atoms with Crippen LogP contribution in [0.15, 0.2) is 42.5 Å². The van der Waals surface area contributed by atoms with E-state index in [0.29, 0.717) is 17.5 Å². The minimum Gasteiger partial charge on any atom is -0.444 e. The van der Waals surface area contributed by atoms with E-state index in [9.17, 15) is 14.0 Å². The Morgan fingerprint density at radius 2 is 1.88 bits per heavy atom. The van der Waals surface area contributed by atoms with Crippen molar-refractivity contribution in [2.24, 2.45) is 0 Å². The van der Waals surface area contributed by atoms with Crippen LogP contribution in [0.4, 0.5) is 14.9 Å². The molecule has 0 radical (unpaired) electrons. The second-order valence-electron chi connectivity index (χ2n) is 6.28. The number of anilines is 1. The van der Waals surface area contributed by atoms with Gasteiger partial charge in [0.05, 0.1) is 11.1 Å². The molecule has 0 spiro atoms. The molecule has 1 amide bonds. The van der Waals surface area contributed by atoms with Gasteiger partial charge in [-0.1, -0.05) is 24.0 Å². The quantitative estimate of drug-likeness (QED) is 0.652. The van der Waals surface area contributed by atoms with E-state index in [-0.39, 0.29) is 11.1 Å². The minimum absolute atomic E-state index is 0.0351. The Bertz CT molecular complexity index is 857. The van der Waals surface area contributed by atoms with Crippen molar-refractivity contribution in [3.8, 4) is 11.8 Å². The first-order valence-corrected chi connectivity index (χ1v) is 7.64. The molecule has 0 heterocycles. The van der Waals surface area contributed by atoms with Gasteiger partial charge in [-0.05, 0) is 51.1 Å². The topological polar surface area (TPSA) is 55.4 Å². The van der Waals surface area contributed by atoms with Crippen LogP contribution in [-0.2, 0) is 4.74 Å². The summed E-state index contributed by atoms with van der Waals surface area (Å²) in [6, 6.07) is 11.2. The van der Waals surface area contributed by atoms with Crippen LogP contribution in [0.3, 0.4) is 0 Å². The number of hydrogen-bond donors (Lipinski definition) is 1. The van der Waals surface area contributed by atoms with Crippen LogP contribution in [0.2, 0.25) is 0 Å². The molecule has 2 rings (SSSR count). The molecular formula is C20H18FNO3. The van der Waals surface area contributed by atoms with Gasteiger partial charge in [-0.15, -0.1) is 0 Å². The molecule has 5 heteroatoms. The minimum atomic E-state index is -0.645. The molecule has 0 aliphatic carbocycles. The highest BCUT2D eigenvalue weighted by Gasteiger charge is 2.16. The summed E-state index contributed by atoms with van der Waals surface area (Å²) in [6.45, 7) is 5.32. The maximum absolute atomic E-state index is 14.0. The summed E-state index contributed by atoms with van der Waals surface area (Å²) in [4.78, 5) is 22.5. The highest BCUT2D eigenvalue weighted by Crippen LogP contribution is 2.14. The van der Waals surface area contributed by atoms with Gasteiger partial charge in [0, 0.05) is 11.3 Å². The highest BCUT2D eigenvalue weighted by atomic mass is 19.1. The van der Waals surface area contributed by atoms with Crippen LogP contribution in [-0.4, -0.2) is 18.0 Å². The van der Waals surface area contributed by atoms with E-state index in [2.05, 4.69) is 17.2 Å². The summed E-state index contributed by atoms with van der Waals surface area (Å²) in [5, 5.41) is 2.62. The number of carbonyl (C=O) groups is 2. The van der Waals surface area contributed by atoms with E-state index in [1.165, 1.54) is 12.1 Å². The van der Waals surface area contributed by atoms with Gasteiger partial charge in [0.25, 0.3) is 0 Å². The Morgan fingerprint density at radius 3 is 2.56 bits per heavy atom. The van der Waals surface area contributed by atoms with Crippen molar-refractivity contribution in [3.05, 3.63) is 65.0 Å². The average molecular weight is 339 g/mol. The standard InChI is InChI=1S/C20H18FNO3/c1-20(2,3)25-19(24)22-17-9-4-6-14(12-17)10-11-15-7-5-8-16(13-23)18(15)21/h4-9,12-13H,1-3H3,(H,22,24). The van der Waals surface area contributed by atoms with E-state index >= 15 is 0 Å². The molecule has 0 saturated carbocycles. The van der Waals surface area contributed by atoms with Crippen molar-refractivity contribution in [1.82, 2.24) is 0 Å². The van der Waals surface area contributed by atoms with Crippen LogP contribution in [0, 0.1) is 17.7 Å². The lowest BCUT2D eigenvalue weighted by Gasteiger charge is -2.19. The molecule has 0 bridgehead atoms. The zero-order valence-electron chi connectivity index (χ0n) is 14.2. The molecule has 0 aliphatic heterocycles.